The van der Waals surface area contributed by atoms with Crippen LogP contribution in [0.25, 0.3) is 0 Å². The molecule has 0 saturated carbocycles. The molecule has 19 heavy (non-hydrogen) atoms. The van der Waals surface area contributed by atoms with Crippen molar-refractivity contribution in [3.05, 3.63) is 21.7 Å². The monoisotopic (exact) mass is 320 g/mol. The highest BCUT2D eigenvalue weighted by Crippen LogP contribution is 2.23. The molecule has 1 aromatic heterocycles. The summed E-state index contributed by atoms with van der Waals surface area (Å²) in [6, 6.07) is 0. The van der Waals surface area contributed by atoms with Crippen LogP contribution in [0.4, 0.5) is 17.6 Å². The molecule has 1 rings (SSSR count). The minimum Gasteiger partial charge on any atom is -0.375 e. The Hall–Kier alpha value is -0.660. The van der Waals surface area contributed by atoms with Crippen molar-refractivity contribution in [1.29, 1.82) is 0 Å². The predicted molar refractivity (Wildman–Crippen MR) is 62.3 cm³/mol. The van der Waals surface area contributed by atoms with Gasteiger partial charge in [0.15, 0.2) is 0 Å². The Morgan fingerprint density at radius 2 is 1.89 bits per heavy atom. The normalized spacial score (nSPS) is 12.2. The molecule has 0 saturated heterocycles. The predicted octanol–water partition coefficient (Wildman–Crippen LogP) is 3.55. The number of ether oxygens (including phenoxy) is 1. The van der Waals surface area contributed by atoms with E-state index in [0.29, 0.717) is 11.3 Å². The Labute approximate surface area is 116 Å². The molecule has 0 aliphatic rings. The van der Waals surface area contributed by atoms with Crippen molar-refractivity contribution in [1.82, 2.24) is 9.97 Å². The van der Waals surface area contributed by atoms with Crippen LogP contribution in [0.15, 0.2) is 0 Å². The number of rotatable bonds is 6. The van der Waals surface area contributed by atoms with Crippen molar-refractivity contribution in [2.45, 2.75) is 25.7 Å². The van der Waals surface area contributed by atoms with Gasteiger partial charge in [0, 0.05) is 17.7 Å². The lowest BCUT2D eigenvalue weighted by molar-refractivity contribution is -0.165. The fourth-order valence-corrected chi connectivity index (χ4v) is 1.82. The number of aromatic nitrogens is 2. The Balaban J connectivity index is 2.51. The first kappa shape index (κ1) is 16.4. The molecular weight excluding hydrogens is 311 g/mol. The Bertz CT molecular complexity index is 423. The minimum atomic E-state index is -4.16. The lowest BCUT2D eigenvalue weighted by Gasteiger charge is -2.15. The van der Waals surface area contributed by atoms with Crippen molar-refractivity contribution in [2.24, 2.45) is 0 Å². The maximum atomic E-state index is 12.5. The standard InChI is InChI=1S/C10H10Cl2F4N2O/c1-5-6(7(11)18-9(12)17-5)2-3-19-4-10(15,16)8(13)14/h8H,2-4H2,1H3. The molecule has 0 aliphatic carbocycles. The second-order valence-corrected chi connectivity index (χ2v) is 4.41. The van der Waals surface area contributed by atoms with Gasteiger partial charge in [0.1, 0.15) is 11.8 Å². The highest BCUT2D eigenvalue weighted by Gasteiger charge is 2.40. The molecule has 0 fully saturated rings. The van der Waals surface area contributed by atoms with E-state index in [4.69, 9.17) is 23.2 Å². The lowest BCUT2D eigenvalue weighted by atomic mass is 10.2. The van der Waals surface area contributed by atoms with Crippen LogP contribution in [0.2, 0.25) is 10.4 Å². The molecular formula is C10H10Cl2F4N2O. The van der Waals surface area contributed by atoms with E-state index >= 15 is 0 Å². The molecule has 0 atom stereocenters. The van der Waals surface area contributed by atoms with Crippen LogP contribution in [0, 0.1) is 6.92 Å². The summed E-state index contributed by atoms with van der Waals surface area (Å²) in [5, 5.41) is 0.0538. The first-order valence-corrected chi connectivity index (χ1v) is 5.92. The third-order valence-corrected chi connectivity index (χ3v) is 2.73. The number of alkyl halides is 4. The zero-order chi connectivity index (χ0) is 14.6. The maximum absolute atomic E-state index is 12.5. The van der Waals surface area contributed by atoms with Crippen molar-refractivity contribution >= 4 is 23.2 Å². The Kier molecular flexibility index (Phi) is 5.76. The number of halogens is 6. The van der Waals surface area contributed by atoms with Gasteiger partial charge in [-0.1, -0.05) is 11.6 Å². The summed E-state index contributed by atoms with van der Waals surface area (Å²) in [7, 11) is 0. The highest BCUT2D eigenvalue weighted by atomic mass is 35.5. The number of nitrogens with zero attached hydrogens (tertiary/aromatic N) is 2. The van der Waals surface area contributed by atoms with Crippen LogP contribution in [-0.4, -0.2) is 35.5 Å². The van der Waals surface area contributed by atoms with E-state index in [1.807, 2.05) is 0 Å². The highest BCUT2D eigenvalue weighted by molar-refractivity contribution is 6.32. The van der Waals surface area contributed by atoms with Gasteiger partial charge in [-0.05, 0) is 18.5 Å². The largest absolute Gasteiger partial charge is 0.375 e. The Morgan fingerprint density at radius 3 is 2.42 bits per heavy atom. The van der Waals surface area contributed by atoms with Crippen molar-refractivity contribution in [3.63, 3.8) is 0 Å². The van der Waals surface area contributed by atoms with Crippen molar-refractivity contribution in [2.75, 3.05) is 13.2 Å². The number of hydrogen-bond acceptors (Lipinski definition) is 3. The summed E-state index contributed by atoms with van der Waals surface area (Å²) < 4.78 is 53.3. The SMILES string of the molecule is Cc1nc(Cl)nc(Cl)c1CCOCC(F)(F)C(F)F. The topological polar surface area (TPSA) is 35.0 Å². The van der Waals surface area contributed by atoms with Crippen LogP contribution >= 0.6 is 23.2 Å². The average molecular weight is 321 g/mol. The van der Waals surface area contributed by atoms with Gasteiger partial charge >= 0.3 is 12.3 Å². The molecule has 0 bridgehead atoms. The van der Waals surface area contributed by atoms with Gasteiger partial charge in [0.25, 0.3) is 0 Å². The minimum absolute atomic E-state index is 0.0311. The van der Waals surface area contributed by atoms with Crippen LogP contribution < -0.4 is 0 Å². The van der Waals surface area contributed by atoms with Crippen LogP contribution in [0.1, 0.15) is 11.3 Å². The summed E-state index contributed by atoms with van der Waals surface area (Å²) in [6.45, 7) is 0.0617. The lowest BCUT2D eigenvalue weighted by Crippen LogP contribution is -2.32. The zero-order valence-electron chi connectivity index (χ0n) is 9.77. The van der Waals surface area contributed by atoms with Gasteiger partial charge in [-0.15, -0.1) is 0 Å². The van der Waals surface area contributed by atoms with Gasteiger partial charge in [-0.3, -0.25) is 0 Å². The van der Waals surface area contributed by atoms with E-state index in [0.717, 1.165) is 0 Å². The molecule has 3 nitrogen and oxygen atoms in total. The molecule has 0 spiro atoms. The quantitative estimate of drug-likeness (QED) is 0.348. The van der Waals surface area contributed by atoms with Crippen LogP contribution in [0.5, 0.6) is 0 Å². The van der Waals surface area contributed by atoms with E-state index in [9.17, 15) is 17.6 Å². The molecule has 0 N–H and O–H groups in total. The first-order valence-electron chi connectivity index (χ1n) is 5.16. The second kappa shape index (κ2) is 6.67. The van der Waals surface area contributed by atoms with E-state index in [-0.39, 0.29) is 23.5 Å². The Morgan fingerprint density at radius 1 is 1.26 bits per heavy atom. The first-order chi connectivity index (χ1) is 8.74. The van der Waals surface area contributed by atoms with E-state index in [1.54, 1.807) is 6.92 Å². The molecule has 0 aliphatic heterocycles. The third-order valence-electron chi connectivity index (χ3n) is 2.25. The molecule has 0 unspecified atom stereocenters. The van der Waals surface area contributed by atoms with E-state index in [2.05, 4.69) is 14.7 Å². The number of hydrogen-bond donors (Lipinski definition) is 0. The van der Waals surface area contributed by atoms with Crippen LogP contribution in [0.3, 0.4) is 0 Å². The molecule has 0 aromatic carbocycles. The van der Waals surface area contributed by atoms with Gasteiger partial charge in [0.05, 0.1) is 6.61 Å². The van der Waals surface area contributed by atoms with Crippen molar-refractivity contribution in [3.8, 4) is 0 Å². The molecule has 9 heteroatoms. The van der Waals surface area contributed by atoms with E-state index in [1.165, 1.54) is 0 Å². The smallest absolute Gasteiger partial charge is 0.330 e. The van der Waals surface area contributed by atoms with Gasteiger partial charge in [0.2, 0.25) is 5.28 Å². The zero-order valence-corrected chi connectivity index (χ0v) is 11.3. The fourth-order valence-electron chi connectivity index (χ4n) is 1.26. The average Bonchev–Trinajstić information content (AvgIpc) is 2.26. The van der Waals surface area contributed by atoms with Gasteiger partial charge in [-0.25, -0.2) is 18.7 Å². The van der Waals surface area contributed by atoms with Gasteiger partial charge < -0.3 is 4.74 Å². The summed E-state index contributed by atoms with van der Waals surface area (Å²) in [4.78, 5) is 7.52. The molecule has 108 valence electrons. The third kappa shape index (κ3) is 4.74. The maximum Gasteiger partial charge on any atom is 0.330 e. The number of aryl methyl sites for hydroxylation is 1. The fraction of sp³-hybridized carbons (Fsp3) is 0.600. The molecule has 0 amide bonds. The summed E-state index contributed by atoms with van der Waals surface area (Å²) in [6.07, 6.45) is -3.63. The van der Waals surface area contributed by atoms with Crippen molar-refractivity contribution < 1.29 is 22.3 Å². The summed E-state index contributed by atoms with van der Waals surface area (Å²) >= 11 is 11.4. The molecule has 0 radical (unpaired) electrons. The van der Waals surface area contributed by atoms with Crippen LogP contribution in [-0.2, 0) is 11.2 Å². The van der Waals surface area contributed by atoms with Gasteiger partial charge in [-0.2, -0.15) is 8.78 Å². The molecule has 1 heterocycles. The summed E-state index contributed by atoms with van der Waals surface area (Å²) in [5.41, 5.74) is 0.959. The summed E-state index contributed by atoms with van der Waals surface area (Å²) in [5.74, 6) is -4.16. The second-order valence-electron chi connectivity index (χ2n) is 3.71. The van der Waals surface area contributed by atoms with E-state index < -0.39 is 19.0 Å². The molecule has 1 aromatic rings.